The van der Waals surface area contributed by atoms with Crippen LogP contribution in [0.15, 0.2) is 24.3 Å². The first-order valence-electron chi connectivity index (χ1n) is 10.9. The average molecular weight is 384 g/mol. The van der Waals surface area contributed by atoms with E-state index in [9.17, 15) is 9.59 Å². The lowest BCUT2D eigenvalue weighted by molar-refractivity contribution is -0.131. The van der Waals surface area contributed by atoms with Crippen LogP contribution in [0.25, 0.3) is 0 Å². The van der Waals surface area contributed by atoms with E-state index in [0.717, 1.165) is 31.1 Å². The van der Waals surface area contributed by atoms with Crippen LogP contribution in [0, 0.1) is 18.8 Å². The first-order chi connectivity index (χ1) is 13.6. The van der Waals surface area contributed by atoms with Crippen molar-refractivity contribution in [1.29, 1.82) is 0 Å². The molecule has 0 radical (unpaired) electrons. The Labute approximate surface area is 168 Å². The van der Waals surface area contributed by atoms with Gasteiger partial charge in [0, 0.05) is 50.7 Å². The van der Waals surface area contributed by atoms with Crippen molar-refractivity contribution in [2.75, 3.05) is 32.7 Å². The number of fused-ring (bicyclic) bond motifs is 4. The van der Waals surface area contributed by atoms with Crippen LogP contribution in [-0.4, -0.2) is 60.4 Å². The Morgan fingerprint density at radius 3 is 2.54 bits per heavy atom. The largest absolute Gasteiger partial charge is 0.352 e. The van der Waals surface area contributed by atoms with Crippen LogP contribution in [0.5, 0.6) is 0 Å². The summed E-state index contributed by atoms with van der Waals surface area (Å²) in [6, 6.07) is 8.06. The molecule has 1 saturated carbocycles. The van der Waals surface area contributed by atoms with Crippen LogP contribution in [0.2, 0.25) is 0 Å². The number of carbonyl (C=O) groups is 2. The van der Waals surface area contributed by atoms with E-state index >= 15 is 0 Å². The summed E-state index contributed by atoms with van der Waals surface area (Å²) >= 11 is 0. The van der Waals surface area contributed by atoms with Crippen molar-refractivity contribution in [2.45, 2.75) is 51.5 Å². The summed E-state index contributed by atoms with van der Waals surface area (Å²) in [5.74, 6) is 1.59. The highest BCUT2D eigenvalue weighted by Crippen LogP contribution is 2.33. The molecule has 3 saturated heterocycles. The number of rotatable bonds is 6. The van der Waals surface area contributed by atoms with Gasteiger partial charge in [-0.3, -0.25) is 14.5 Å². The highest BCUT2D eigenvalue weighted by atomic mass is 16.2. The average Bonchev–Trinajstić information content (AvgIpc) is 2.97. The zero-order valence-electron chi connectivity index (χ0n) is 17.0. The van der Waals surface area contributed by atoms with Gasteiger partial charge in [-0.1, -0.05) is 24.1 Å². The number of hydrogen-bond donors (Lipinski definition) is 1. The fourth-order valence-corrected chi connectivity index (χ4v) is 4.86. The molecule has 2 amide bonds. The Bertz CT molecular complexity index is 698. The molecular weight excluding hydrogens is 350 g/mol. The van der Waals surface area contributed by atoms with E-state index in [2.05, 4.69) is 15.1 Å². The van der Waals surface area contributed by atoms with Gasteiger partial charge in [-0.25, -0.2) is 0 Å². The van der Waals surface area contributed by atoms with Gasteiger partial charge in [-0.2, -0.15) is 0 Å². The van der Waals surface area contributed by atoms with E-state index in [1.807, 2.05) is 31.2 Å². The van der Waals surface area contributed by atoms with Crippen LogP contribution < -0.4 is 5.32 Å². The summed E-state index contributed by atoms with van der Waals surface area (Å²) in [5.41, 5.74) is 1.78. The molecule has 28 heavy (non-hydrogen) atoms. The lowest BCUT2D eigenvalue weighted by atomic mass is 9.83. The molecule has 5 rings (SSSR count). The molecule has 2 atom stereocenters. The fraction of sp³-hybridized carbons (Fsp3) is 0.652. The van der Waals surface area contributed by atoms with Crippen LogP contribution >= 0.6 is 0 Å². The number of piperidine rings is 1. The molecule has 5 heteroatoms. The van der Waals surface area contributed by atoms with Crippen molar-refractivity contribution in [3.63, 3.8) is 0 Å². The standard InChI is InChI=1S/C23H33N3O2/c1-17-5-8-20(9-6-17)23(28)24-12-11-22(27)26-15-19-7-10-21(16-26)25(14-19)13-18-3-2-4-18/h5-6,8-9,18-19,21H,2-4,7,10-16H2,1H3,(H,24,28)/t19-,21-/m1/s1. The molecule has 0 unspecified atom stereocenters. The van der Waals surface area contributed by atoms with Crippen molar-refractivity contribution < 1.29 is 9.59 Å². The van der Waals surface area contributed by atoms with E-state index < -0.39 is 0 Å². The molecular formula is C23H33N3O2. The Kier molecular flexibility index (Phi) is 6.00. The third-order valence-electron chi connectivity index (χ3n) is 6.84. The summed E-state index contributed by atoms with van der Waals surface area (Å²) in [7, 11) is 0. The molecule has 5 nitrogen and oxygen atoms in total. The molecule has 1 aliphatic carbocycles. The Morgan fingerprint density at radius 1 is 1.04 bits per heavy atom. The van der Waals surface area contributed by atoms with Gasteiger partial charge in [0.15, 0.2) is 0 Å². The van der Waals surface area contributed by atoms with E-state index in [-0.39, 0.29) is 11.8 Å². The minimum absolute atomic E-state index is 0.101. The quantitative estimate of drug-likeness (QED) is 0.822. The molecule has 1 aromatic carbocycles. The predicted molar refractivity (Wildman–Crippen MR) is 110 cm³/mol. The molecule has 0 spiro atoms. The predicted octanol–water partition coefficient (Wildman–Crippen LogP) is 2.84. The molecule has 1 aromatic rings. The molecule has 0 aromatic heterocycles. The van der Waals surface area contributed by atoms with Crippen molar-refractivity contribution in [3.05, 3.63) is 35.4 Å². The fourth-order valence-electron chi connectivity index (χ4n) is 4.86. The number of benzene rings is 1. The number of carbonyl (C=O) groups excluding carboxylic acids is 2. The summed E-state index contributed by atoms with van der Waals surface area (Å²) in [6.07, 6.45) is 7.03. The van der Waals surface area contributed by atoms with Gasteiger partial charge in [0.05, 0.1) is 0 Å². The molecule has 4 aliphatic rings. The first kappa shape index (κ1) is 19.4. The van der Waals surface area contributed by atoms with Gasteiger partial charge in [-0.05, 0) is 56.6 Å². The smallest absolute Gasteiger partial charge is 0.251 e. The normalized spacial score (nSPS) is 25.2. The van der Waals surface area contributed by atoms with Gasteiger partial charge in [0.1, 0.15) is 0 Å². The van der Waals surface area contributed by atoms with Gasteiger partial charge < -0.3 is 10.2 Å². The van der Waals surface area contributed by atoms with E-state index in [0.29, 0.717) is 30.5 Å². The van der Waals surface area contributed by atoms with Crippen molar-refractivity contribution in [2.24, 2.45) is 11.8 Å². The SMILES string of the molecule is Cc1ccc(C(=O)NCCC(=O)N2C[C@@H]3CC[C@H](C2)N(CC2CCC2)C3)cc1. The number of aryl methyl sites for hydroxylation is 1. The monoisotopic (exact) mass is 383 g/mol. The van der Waals surface area contributed by atoms with Gasteiger partial charge in [-0.15, -0.1) is 0 Å². The van der Waals surface area contributed by atoms with Gasteiger partial charge >= 0.3 is 0 Å². The second-order valence-corrected chi connectivity index (χ2v) is 9.02. The second kappa shape index (κ2) is 8.64. The highest BCUT2D eigenvalue weighted by molar-refractivity contribution is 5.94. The number of amides is 2. The van der Waals surface area contributed by atoms with Crippen LogP contribution in [0.1, 0.15) is 54.4 Å². The number of nitrogens with one attached hydrogen (secondary N) is 1. The summed E-state index contributed by atoms with van der Waals surface area (Å²) in [4.78, 5) is 29.7. The topological polar surface area (TPSA) is 52.7 Å². The molecule has 1 N–H and O–H groups in total. The number of nitrogens with zero attached hydrogens (tertiary/aromatic N) is 2. The minimum Gasteiger partial charge on any atom is -0.352 e. The first-order valence-corrected chi connectivity index (χ1v) is 10.9. The van der Waals surface area contributed by atoms with E-state index in [4.69, 9.17) is 0 Å². The molecule has 152 valence electrons. The maximum absolute atomic E-state index is 12.8. The molecule has 4 fully saturated rings. The maximum atomic E-state index is 12.8. The zero-order chi connectivity index (χ0) is 19.5. The van der Waals surface area contributed by atoms with Gasteiger partial charge in [0.2, 0.25) is 5.91 Å². The van der Waals surface area contributed by atoms with Crippen molar-refractivity contribution in [3.8, 4) is 0 Å². The summed E-state index contributed by atoms with van der Waals surface area (Å²) < 4.78 is 0. The Hall–Kier alpha value is -1.88. The Morgan fingerprint density at radius 2 is 1.82 bits per heavy atom. The van der Waals surface area contributed by atoms with Crippen LogP contribution in [0.3, 0.4) is 0 Å². The second-order valence-electron chi connectivity index (χ2n) is 9.02. The summed E-state index contributed by atoms with van der Waals surface area (Å²) in [6.45, 7) is 6.56. The van der Waals surface area contributed by atoms with Crippen molar-refractivity contribution >= 4 is 11.8 Å². The summed E-state index contributed by atoms with van der Waals surface area (Å²) in [5, 5.41) is 2.90. The van der Waals surface area contributed by atoms with E-state index in [1.54, 1.807) is 0 Å². The lowest BCUT2D eigenvalue weighted by Crippen LogP contribution is -2.47. The Balaban J connectivity index is 1.25. The molecule has 3 heterocycles. The third-order valence-corrected chi connectivity index (χ3v) is 6.84. The van der Waals surface area contributed by atoms with E-state index in [1.165, 1.54) is 38.6 Å². The molecule has 2 bridgehead atoms. The minimum atomic E-state index is -0.101. The number of hydrogen-bond acceptors (Lipinski definition) is 3. The lowest BCUT2D eigenvalue weighted by Gasteiger charge is -2.40. The van der Waals surface area contributed by atoms with Gasteiger partial charge in [0.25, 0.3) is 5.91 Å². The van der Waals surface area contributed by atoms with Crippen LogP contribution in [0.4, 0.5) is 0 Å². The highest BCUT2D eigenvalue weighted by Gasteiger charge is 2.37. The zero-order valence-corrected chi connectivity index (χ0v) is 17.0. The maximum Gasteiger partial charge on any atom is 0.251 e. The van der Waals surface area contributed by atoms with Crippen LogP contribution in [-0.2, 0) is 4.79 Å². The third kappa shape index (κ3) is 4.57. The molecule has 3 aliphatic heterocycles. The van der Waals surface area contributed by atoms with Crippen molar-refractivity contribution in [1.82, 2.24) is 15.1 Å².